The van der Waals surface area contributed by atoms with Crippen molar-refractivity contribution in [3.05, 3.63) is 58.6 Å². The van der Waals surface area contributed by atoms with Crippen molar-refractivity contribution in [1.82, 2.24) is 4.90 Å². The fourth-order valence-corrected chi connectivity index (χ4v) is 3.88. The maximum absolute atomic E-state index is 12.8. The Labute approximate surface area is 170 Å². The second-order valence-corrected chi connectivity index (χ2v) is 7.78. The van der Waals surface area contributed by atoms with Crippen molar-refractivity contribution in [2.75, 3.05) is 18.1 Å². The van der Waals surface area contributed by atoms with Gasteiger partial charge in [0, 0.05) is 24.5 Å². The van der Waals surface area contributed by atoms with Gasteiger partial charge in [0.25, 0.3) is 5.91 Å². The highest BCUT2D eigenvalue weighted by molar-refractivity contribution is 6.34. The average Bonchev–Trinajstić information content (AvgIpc) is 2.69. The third kappa shape index (κ3) is 5.04. The van der Waals surface area contributed by atoms with Gasteiger partial charge in [-0.15, -0.1) is 0 Å². The molecule has 0 aliphatic heterocycles. The number of carbonyl (C=O) groups excluding carboxylic acids is 2. The van der Waals surface area contributed by atoms with E-state index in [0.29, 0.717) is 22.0 Å². The number of benzene rings is 2. The average molecular weight is 400 g/mol. The topological polar surface area (TPSA) is 75.4 Å². The van der Waals surface area contributed by atoms with Gasteiger partial charge in [-0.1, -0.05) is 43.0 Å². The largest absolute Gasteiger partial charge is 0.399 e. The van der Waals surface area contributed by atoms with Gasteiger partial charge in [-0.3, -0.25) is 9.59 Å². The lowest BCUT2D eigenvalue weighted by Crippen LogP contribution is -2.38. The summed E-state index contributed by atoms with van der Waals surface area (Å²) in [6.07, 6.45) is 5.88. The van der Waals surface area contributed by atoms with Crippen LogP contribution < -0.4 is 11.1 Å². The molecule has 1 aliphatic carbocycles. The zero-order valence-corrected chi connectivity index (χ0v) is 16.8. The number of hydrogen-bond donors (Lipinski definition) is 2. The van der Waals surface area contributed by atoms with Crippen LogP contribution in [-0.2, 0) is 11.2 Å². The predicted molar refractivity (Wildman–Crippen MR) is 114 cm³/mol. The Balaban J connectivity index is 1.63. The van der Waals surface area contributed by atoms with Crippen LogP contribution in [0.4, 0.5) is 11.4 Å². The highest BCUT2D eigenvalue weighted by Gasteiger charge is 2.24. The van der Waals surface area contributed by atoms with Crippen LogP contribution in [-0.4, -0.2) is 29.8 Å². The number of halogens is 1. The molecule has 1 saturated carbocycles. The van der Waals surface area contributed by atoms with Crippen molar-refractivity contribution in [2.24, 2.45) is 0 Å². The van der Waals surface area contributed by atoms with E-state index in [0.717, 1.165) is 31.2 Å². The van der Waals surface area contributed by atoms with E-state index < -0.39 is 0 Å². The minimum Gasteiger partial charge on any atom is -0.399 e. The number of nitrogens with two attached hydrogens (primary N) is 1. The summed E-state index contributed by atoms with van der Waals surface area (Å²) in [4.78, 5) is 26.9. The van der Waals surface area contributed by atoms with Gasteiger partial charge in [-0.2, -0.15) is 0 Å². The fraction of sp³-hybridized carbons (Fsp3) is 0.364. The van der Waals surface area contributed by atoms with E-state index in [9.17, 15) is 9.59 Å². The minimum atomic E-state index is -0.153. The van der Waals surface area contributed by atoms with Gasteiger partial charge in [0.05, 0.1) is 17.0 Å². The molecule has 0 saturated heterocycles. The lowest BCUT2D eigenvalue weighted by atomic mass is 9.94. The fourth-order valence-electron chi connectivity index (χ4n) is 3.62. The van der Waals surface area contributed by atoms with E-state index in [-0.39, 0.29) is 24.3 Å². The van der Waals surface area contributed by atoms with Crippen LogP contribution in [0.15, 0.2) is 42.5 Å². The lowest BCUT2D eigenvalue weighted by molar-refractivity contribution is -0.115. The molecular formula is C22H26ClN3O2. The van der Waals surface area contributed by atoms with E-state index in [2.05, 4.69) is 5.32 Å². The second-order valence-electron chi connectivity index (χ2n) is 7.37. The van der Waals surface area contributed by atoms with Crippen LogP contribution >= 0.6 is 11.6 Å². The number of anilines is 2. The van der Waals surface area contributed by atoms with Gasteiger partial charge < -0.3 is 16.0 Å². The maximum Gasteiger partial charge on any atom is 0.255 e. The number of carbonyl (C=O) groups is 2. The molecule has 2 aromatic carbocycles. The van der Waals surface area contributed by atoms with E-state index >= 15 is 0 Å². The van der Waals surface area contributed by atoms with E-state index in [1.807, 2.05) is 19.2 Å². The molecule has 0 unspecified atom stereocenters. The number of nitrogen functional groups attached to an aromatic ring is 1. The molecule has 0 heterocycles. The summed E-state index contributed by atoms with van der Waals surface area (Å²) < 4.78 is 0. The SMILES string of the molecule is CN(C(=O)c1ccc(NC(=O)Cc2ccc(N)cc2)cc1Cl)C1CCCCC1. The van der Waals surface area contributed by atoms with E-state index in [1.165, 1.54) is 6.42 Å². The van der Waals surface area contributed by atoms with Gasteiger partial charge in [0.15, 0.2) is 0 Å². The molecule has 2 amide bonds. The van der Waals surface area contributed by atoms with Gasteiger partial charge in [-0.25, -0.2) is 0 Å². The number of nitrogens with zero attached hydrogens (tertiary/aromatic N) is 1. The normalized spacial score (nSPS) is 14.5. The van der Waals surface area contributed by atoms with Crippen LogP contribution in [0.5, 0.6) is 0 Å². The van der Waals surface area contributed by atoms with Crippen molar-refractivity contribution in [3.63, 3.8) is 0 Å². The Kier molecular flexibility index (Phi) is 6.57. The molecule has 1 aliphatic rings. The zero-order valence-electron chi connectivity index (χ0n) is 16.1. The molecule has 5 nitrogen and oxygen atoms in total. The first-order valence-electron chi connectivity index (χ1n) is 9.65. The van der Waals surface area contributed by atoms with Crippen molar-refractivity contribution in [3.8, 4) is 0 Å². The lowest BCUT2D eigenvalue weighted by Gasteiger charge is -2.31. The van der Waals surface area contributed by atoms with Crippen LogP contribution in [0.1, 0.15) is 48.0 Å². The summed E-state index contributed by atoms with van der Waals surface area (Å²) in [5.74, 6) is -0.226. The molecular weight excluding hydrogens is 374 g/mol. The van der Waals surface area contributed by atoms with Crippen molar-refractivity contribution < 1.29 is 9.59 Å². The number of amides is 2. The van der Waals surface area contributed by atoms with Crippen LogP contribution in [0, 0.1) is 0 Å². The summed E-state index contributed by atoms with van der Waals surface area (Å²) in [5, 5.41) is 3.17. The summed E-state index contributed by atoms with van der Waals surface area (Å²) in [6.45, 7) is 0. The molecule has 1 fully saturated rings. The van der Waals surface area contributed by atoms with Gasteiger partial charge in [0.1, 0.15) is 0 Å². The van der Waals surface area contributed by atoms with Gasteiger partial charge in [-0.05, 0) is 48.7 Å². The molecule has 0 bridgehead atoms. The molecule has 0 spiro atoms. The summed E-state index contributed by atoms with van der Waals surface area (Å²) >= 11 is 6.36. The summed E-state index contributed by atoms with van der Waals surface area (Å²) in [7, 11) is 1.84. The molecule has 3 N–H and O–H groups in total. The van der Waals surface area contributed by atoms with Gasteiger partial charge in [0.2, 0.25) is 5.91 Å². The molecule has 148 valence electrons. The Bertz CT molecular complexity index is 845. The molecule has 6 heteroatoms. The molecule has 3 rings (SSSR count). The van der Waals surface area contributed by atoms with Crippen LogP contribution in [0.25, 0.3) is 0 Å². The Morgan fingerprint density at radius 3 is 2.43 bits per heavy atom. The van der Waals surface area contributed by atoms with Crippen LogP contribution in [0.3, 0.4) is 0 Å². The number of hydrogen-bond acceptors (Lipinski definition) is 3. The zero-order chi connectivity index (χ0) is 20.1. The second kappa shape index (κ2) is 9.11. The molecule has 28 heavy (non-hydrogen) atoms. The third-order valence-corrected chi connectivity index (χ3v) is 5.58. The highest BCUT2D eigenvalue weighted by atomic mass is 35.5. The molecule has 0 radical (unpaired) electrons. The minimum absolute atomic E-state index is 0.0725. The Hall–Kier alpha value is -2.53. The summed E-state index contributed by atoms with van der Waals surface area (Å²) in [5.41, 5.74) is 8.23. The summed E-state index contributed by atoms with van der Waals surface area (Å²) in [6, 6.07) is 12.5. The quantitative estimate of drug-likeness (QED) is 0.726. The molecule has 2 aromatic rings. The first-order chi connectivity index (χ1) is 13.4. The molecule has 0 atom stereocenters. The van der Waals surface area contributed by atoms with Crippen molar-refractivity contribution >= 4 is 34.8 Å². The number of nitrogens with one attached hydrogen (secondary N) is 1. The third-order valence-electron chi connectivity index (χ3n) is 5.27. The van der Waals surface area contributed by atoms with Crippen molar-refractivity contribution in [1.29, 1.82) is 0 Å². The first kappa shape index (κ1) is 20.2. The van der Waals surface area contributed by atoms with Crippen molar-refractivity contribution in [2.45, 2.75) is 44.6 Å². The predicted octanol–water partition coefficient (Wildman–Crippen LogP) is 4.51. The first-order valence-corrected chi connectivity index (χ1v) is 10.0. The smallest absolute Gasteiger partial charge is 0.255 e. The monoisotopic (exact) mass is 399 g/mol. The maximum atomic E-state index is 12.8. The van der Waals surface area contributed by atoms with Gasteiger partial charge >= 0.3 is 0 Å². The Morgan fingerprint density at radius 1 is 1.11 bits per heavy atom. The Morgan fingerprint density at radius 2 is 1.79 bits per heavy atom. The van der Waals surface area contributed by atoms with E-state index in [4.69, 9.17) is 17.3 Å². The standard InChI is InChI=1S/C22H26ClN3O2/c1-26(18-5-3-2-4-6-18)22(28)19-12-11-17(14-20(19)23)25-21(27)13-15-7-9-16(24)10-8-15/h7-12,14,18H,2-6,13,24H2,1H3,(H,25,27). The molecule has 0 aromatic heterocycles. The van der Waals surface area contributed by atoms with Crippen LogP contribution in [0.2, 0.25) is 5.02 Å². The number of rotatable bonds is 5. The highest BCUT2D eigenvalue weighted by Crippen LogP contribution is 2.26. The van der Waals surface area contributed by atoms with E-state index in [1.54, 1.807) is 35.2 Å².